The molecule has 66 valence electrons. The lowest BCUT2D eigenvalue weighted by atomic mass is 9.67. The molecular weight excluding hydrogens is 132 g/mol. The van der Waals surface area contributed by atoms with Crippen LogP contribution in [0.15, 0.2) is 0 Å². The molecule has 0 saturated heterocycles. The molecule has 1 aliphatic rings. The van der Waals surface area contributed by atoms with Crippen LogP contribution in [-0.2, 0) is 0 Å². The zero-order valence-corrected chi connectivity index (χ0v) is 8.27. The predicted molar refractivity (Wildman–Crippen MR) is 50.6 cm³/mol. The second kappa shape index (κ2) is 4.13. The Kier molecular flexibility index (Phi) is 3.42. The van der Waals surface area contributed by atoms with E-state index in [1.165, 1.54) is 32.1 Å². The van der Waals surface area contributed by atoms with Crippen LogP contribution in [0, 0.1) is 17.8 Å². The summed E-state index contributed by atoms with van der Waals surface area (Å²) in [6.45, 7) is 7.14. The summed E-state index contributed by atoms with van der Waals surface area (Å²) in [7, 11) is 0. The lowest BCUT2D eigenvalue weighted by Crippen LogP contribution is -2.28. The minimum absolute atomic E-state index is 0.999. The molecule has 11 heavy (non-hydrogen) atoms. The molecule has 0 aliphatic heterocycles. The molecule has 0 N–H and O–H groups in total. The first-order valence-electron chi connectivity index (χ1n) is 5.25. The summed E-state index contributed by atoms with van der Waals surface area (Å²) in [5, 5.41) is 0. The van der Waals surface area contributed by atoms with Gasteiger partial charge in [-0.1, -0.05) is 46.5 Å². The maximum Gasteiger partial charge on any atom is -0.0363 e. The molecule has 0 aromatic heterocycles. The van der Waals surface area contributed by atoms with E-state index in [1.807, 2.05) is 0 Å². The van der Waals surface area contributed by atoms with Crippen molar-refractivity contribution in [2.45, 2.75) is 52.9 Å². The van der Waals surface area contributed by atoms with E-state index in [-0.39, 0.29) is 0 Å². The van der Waals surface area contributed by atoms with Gasteiger partial charge in [0.2, 0.25) is 0 Å². The zero-order chi connectivity index (χ0) is 8.27. The molecule has 0 radical (unpaired) electrons. The number of rotatable bonds is 4. The molecule has 3 unspecified atom stereocenters. The first-order valence-corrected chi connectivity index (χ1v) is 5.25. The number of unbranched alkanes of at least 4 members (excludes halogenated alkanes) is 1. The van der Waals surface area contributed by atoms with Crippen LogP contribution in [-0.4, -0.2) is 0 Å². The summed E-state index contributed by atoms with van der Waals surface area (Å²) in [5.74, 6) is 3.10. The van der Waals surface area contributed by atoms with Crippen molar-refractivity contribution in [3.8, 4) is 0 Å². The van der Waals surface area contributed by atoms with Crippen molar-refractivity contribution in [3.63, 3.8) is 0 Å². The third-order valence-corrected chi connectivity index (χ3v) is 3.43. The van der Waals surface area contributed by atoms with Crippen molar-refractivity contribution in [1.29, 1.82) is 0 Å². The minimum atomic E-state index is 0.999. The number of hydrogen-bond donors (Lipinski definition) is 0. The Hall–Kier alpha value is 0. The molecule has 0 heterocycles. The maximum absolute atomic E-state index is 2.44. The molecule has 0 spiro atoms. The van der Waals surface area contributed by atoms with Crippen molar-refractivity contribution in [2.75, 3.05) is 0 Å². The molecule has 0 aromatic carbocycles. The third-order valence-electron chi connectivity index (χ3n) is 3.43. The fourth-order valence-electron chi connectivity index (χ4n) is 2.28. The number of hydrogen-bond acceptors (Lipinski definition) is 0. The fraction of sp³-hybridized carbons (Fsp3) is 1.00. The van der Waals surface area contributed by atoms with Crippen LogP contribution in [0.25, 0.3) is 0 Å². The highest BCUT2D eigenvalue weighted by molar-refractivity contribution is 4.81. The fourth-order valence-corrected chi connectivity index (χ4v) is 2.28. The van der Waals surface area contributed by atoms with E-state index in [1.54, 1.807) is 0 Å². The SMILES string of the molecule is CCCCC(C)C1CCC1C. The third kappa shape index (κ3) is 2.21. The molecule has 0 aromatic rings. The molecule has 0 bridgehead atoms. The summed E-state index contributed by atoms with van der Waals surface area (Å²) in [6.07, 6.45) is 7.26. The van der Waals surface area contributed by atoms with Gasteiger partial charge in [-0.15, -0.1) is 0 Å². The van der Waals surface area contributed by atoms with Crippen LogP contribution in [0.3, 0.4) is 0 Å². The second-order valence-electron chi connectivity index (χ2n) is 4.34. The smallest absolute Gasteiger partial charge is 0.0363 e. The molecule has 0 amide bonds. The van der Waals surface area contributed by atoms with E-state index < -0.39 is 0 Å². The minimum Gasteiger partial charge on any atom is -0.0654 e. The zero-order valence-electron chi connectivity index (χ0n) is 8.27. The summed E-state index contributed by atoms with van der Waals surface area (Å²) >= 11 is 0. The van der Waals surface area contributed by atoms with Gasteiger partial charge in [-0.2, -0.15) is 0 Å². The highest BCUT2D eigenvalue weighted by Crippen LogP contribution is 2.40. The van der Waals surface area contributed by atoms with Crippen LogP contribution >= 0.6 is 0 Å². The predicted octanol–water partition coefficient (Wildman–Crippen LogP) is 3.86. The van der Waals surface area contributed by atoms with Gasteiger partial charge in [-0.25, -0.2) is 0 Å². The summed E-state index contributed by atoms with van der Waals surface area (Å²) < 4.78 is 0. The molecule has 1 saturated carbocycles. The van der Waals surface area contributed by atoms with Crippen molar-refractivity contribution in [2.24, 2.45) is 17.8 Å². The van der Waals surface area contributed by atoms with Crippen LogP contribution in [0.1, 0.15) is 52.9 Å². The van der Waals surface area contributed by atoms with Crippen LogP contribution in [0.2, 0.25) is 0 Å². The monoisotopic (exact) mass is 154 g/mol. The van der Waals surface area contributed by atoms with Crippen molar-refractivity contribution >= 4 is 0 Å². The van der Waals surface area contributed by atoms with E-state index in [0.29, 0.717) is 0 Å². The molecule has 1 aliphatic carbocycles. The molecule has 0 heteroatoms. The van der Waals surface area contributed by atoms with Gasteiger partial charge in [0.05, 0.1) is 0 Å². The highest BCUT2D eigenvalue weighted by atomic mass is 14.4. The Morgan fingerprint density at radius 1 is 1.36 bits per heavy atom. The normalized spacial score (nSPS) is 33.0. The van der Waals surface area contributed by atoms with E-state index in [4.69, 9.17) is 0 Å². The van der Waals surface area contributed by atoms with Gasteiger partial charge in [0.15, 0.2) is 0 Å². The van der Waals surface area contributed by atoms with E-state index in [9.17, 15) is 0 Å². The second-order valence-corrected chi connectivity index (χ2v) is 4.34. The Balaban J connectivity index is 2.13. The maximum atomic E-state index is 2.44. The van der Waals surface area contributed by atoms with Gasteiger partial charge < -0.3 is 0 Å². The van der Waals surface area contributed by atoms with Gasteiger partial charge in [0.1, 0.15) is 0 Å². The Bertz CT molecular complexity index is 107. The summed E-state index contributed by atoms with van der Waals surface area (Å²) in [4.78, 5) is 0. The van der Waals surface area contributed by atoms with Gasteiger partial charge >= 0.3 is 0 Å². The summed E-state index contributed by atoms with van der Waals surface area (Å²) in [5.41, 5.74) is 0. The summed E-state index contributed by atoms with van der Waals surface area (Å²) in [6, 6.07) is 0. The average molecular weight is 154 g/mol. The Labute approximate surface area is 71.4 Å². The molecule has 0 nitrogen and oxygen atoms in total. The molecule has 3 atom stereocenters. The first kappa shape index (κ1) is 9.09. The van der Waals surface area contributed by atoms with Crippen LogP contribution in [0.4, 0.5) is 0 Å². The van der Waals surface area contributed by atoms with Gasteiger partial charge in [-0.3, -0.25) is 0 Å². The topological polar surface area (TPSA) is 0 Å². The molecule has 1 rings (SSSR count). The van der Waals surface area contributed by atoms with Gasteiger partial charge in [0, 0.05) is 0 Å². The lowest BCUT2D eigenvalue weighted by Gasteiger charge is -2.38. The molecule has 1 fully saturated rings. The van der Waals surface area contributed by atoms with E-state index >= 15 is 0 Å². The Morgan fingerprint density at radius 3 is 2.45 bits per heavy atom. The highest BCUT2D eigenvalue weighted by Gasteiger charge is 2.30. The van der Waals surface area contributed by atoms with Crippen LogP contribution in [0.5, 0.6) is 0 Å². The first-order chi connectivity index (χ1) is 5.25. The average Bonchev–Trinajstić information content (AvgIpc) is 1.98. The van der Waals surface area contributed by atoms with Gasteiger partial charge in [0.25, 0.3) is 0 Å². The Morgan fingerprint density at radius 2 is 2.09 bits per heavy atom. The molecular formula is C11H22. The van der Waals surface area contributed by atoms with Crippen molar-refractivity contribution in [1.82, 2.24) is 0 Å². The van der Waals surface area contributed by atoms with Crippen molar-refractivity contribution in [3.05, 3.63) is 0 Å². The standard InChI is InChI=1S/C11H22/c1-4-5-6-9(2)11-8-7-10(11)3/h9-11H,4-8H2,1-3H3. The van der Waals surface area contributed by atoms with Crippen LogP contribution < -0.4 is 0 Å². The van der Waals surface area contributed by atoms with Crippen molar-refractivity contribution < 1.29 is 0 Å². The van der Waals surface area contributed by atoms with Gasteiger partial charge in [-0.05, 0) is 24.2 Å². The lowest BCUT2D eigenvalue weighted by molar-refractivity contribution is 0.121. The largest absolute Gasteiger partial charge is 0.0654 e. The van der Waals surface area contributed by atoms with E-state index in [0.717, 1.165) is 17.8 Å². The quantitative estimate of drug-likeness (QED) is 0.577. The van der Waals surface area contributed by atoms with E-state index in [2.05, 4.69) is 20.8 Å².